The van der Waals surface area contributed by atoms with E-state index in [1.807, 2.05) is 0 Å². The van der Waals surface area contributed by atoms with Crippen molar-refractivity contribution >= 4 is 33.5 Å². The van der Waals surface area contributed by atoms with Crippen molar-refractivity contribution in [2.45, 2.75) is 19.0 Å². The minimum Gasteiger partial charge on any atom is -0.356 e. The van der Waals surface area contributed by atoms with Crippen molar-refractivity contribution in [3.63, 3.8) is 0 Å². The topological polar surface area (TPSA) is 79.6 Å². The molecule has 10 heteroatoms. The van der Waals surface area contributed by atoms with Crippen LogP contribution in [0.25, 0.3) is 22.0 Å². The molecule has 0 saturated carbocycles. The SMILES string of the molecule is Fc1cnc2[nH]nc(Nc3ccc4c(CCC(F)(F)F)noc4c3)c2c1. The second-order valence-corrected chi connectivity index (χ2v) is 5.70. The van der Waals surface area contributed by atoms with Crippen LogP contribution in [0.1, 0.15) is 12.1 Å². The second-order valence-electron chi connectivity index (χ2n) is 5.70. The van der Waals surface area contributed by atoms with Gasteiger partial charge in [-0.3, -0.25) is 5.10 Å². The molecule has 134 valence electrons. The van der Waals surface area contributed by atoms with Crippen molar-refractivity contribution in [1.29, 1.82) is 0 Å². The normalized spacial score (nSPS) is 12.2. The Hall–Kier alpha value is -3.17. The van der Waals surface area contributed by atoms with Crippen LogP contribution < -0.4 is 5.32 Å². The third-order valence-electron chi connectivity index (χ3n) is 3.84. The number of alkyl halides is 3. The van der Waals surface area contributed by atoms with Gasteiger partial charge in [-0.2, -0.15) is 18.3 Å². The Kier molecular flexibility index (Phi) is 3.74. The van der Waals surface area contributed by atoms with Crippen LogP contribution in [0.15, 0.2) is 35.0 Å². The maximum Gasteiger partial charge on any atom is 0.389 e. The number of aromatic nitrogens is 4. The monoisotopic (exact) mass is 365 g/mol. The highest BCUT2D eigenvalue weighted by atomic mass is 19.4. The summed E-state index contributed by atoms with van der Waals surface area (Å²) in [5, 5.41) is 14.4. The predicted octanol–water partition coefficient (Wildman–Crippen LogP) is 4.48. The summed E-state index contributed by atoms with van der Waals surface area (Å²) in [6, 6.07) is 6.15. The van der Waals surface area contributed by atoms with Crippen LogP contribution in [0.3, 0.4) is 0 Å². The maximum atomic E-state index is 13.4. The maximum absolute atomic E-state index is 13.4. The molecule has 4 rings (SSSR count). The fourth-order valence-corrected chi connectivity index (χ4v) is 2.62. The number of fused-ring (bicyclic) bond motifs is 2. The first-order valence-corrected chi connectivity index (χ1v) is 7.61. The molecule has 0 aliphatic heterocycles. The lowest BCUT2D eigenvalue weighted by Crippen LogP contribution is -2.08. The highest BCUT2D eigenvalue weighted by Gasteiger charge is 2.27. The molecule has 3 aromatic heterocycles. The molecule has 0 aliphatic rings. The van der Waals surface area contributed by atoms with Gasteiger partial charge in [0.2, 0.25) is 0 Å². The lowest BCUT2D eigenvalue weighted by atomic mass is 10.1. The van der Waals surface area contributed by atoms with Crippen LogP contribution in [0.2, 0.25) is 0 Å². The van der Waals surface area contributed by atoms with E-state index in [0.717, 1.165) is 6.20 Å². The Balaban J connectivity index is 1.60. The molecule has 0 amide bonds. The number of halogens is 4. The van der Waals surface area contributed by atoms with Crippen molar-refractivity contribution in [3.8, 4) is 0 Å². The number of anilines is 2. The number of benzene rings is 1. The summed E-state index contributed by atoms with van der Waals surface area (Å²) in [7, 11) is 0. The molecule has 0 fully saturated rings. The summed E-state index contributed by atoms with van der Waals surface area (Å²) < 4.78 is 55.6. The van der Waals surface area contributed by atoms with Gasteiger partial charge in [-0.25, -0.2) is 9.37 Å². The fourth-order valence-electron chi connectivity index (χ4n) is 2.62. The highest BCUT2D eigenvalue weighted by Crippen LogP contribution is 2.29. The standard InChI is InChI=1S/C16H11F4N5O/c17-8-5-11-14(21-7-8)23-24-15(11)22-9-1-2-10-12(3-4-16(18,19)20)25-26-13(10)6-9/h1-2,5-7H,3-4H2,(H2,21,22,23,24). The lowest BCUT2D eigenvalue weighted by molar-refractivity contribution is -0.134. The summed E-state index contributed by atoms with van der Waals surface area (Å²) in [6.07, 6.45) is -4.39. The molecule has 0 saturated heterocycles. The number of hydrogen-bond acceptors (Lipinski definition) is 5. The van der Waals surface area contributed by atoms with Crippen molar-refractivity contribution in [3.05, 3.63) is 42.0 Å². The quantitative estimate of drug-likeness (QED) is 0.522. The molecular weight excluding hydrogens is 354 g/mol. The van der Waals surface area contributed by atoms with Gasteiger partial charge in [-0.1, -0.05) is 5.16 Å². The van der Waals surface area contributed by atoms with Crippen molar-refractivity contribution < 1.29 is 22.1 Å². The van der Waals surface area contributed by atoms with Crippen LogP contribution in [-0.4, -0.2) is 26.5 Å². The first-order chi connectivity index (χ1) is 12.4. The van der Waals surface area contributed by atoms with Crippen molar-refractivity contribution in [2.75, 3.05) is 5.32 Å². The summed E-state index contributed by atoms with van der Waals surface area (Å²) >= 11 is 0. The molecule has 0 radical (unpaired) electrons. The molecule has 2 N–H and O–H groups in total. The third-order valence-corrected chi connectivity index (χ3v) is 3.84. The average Bonchev–Trinajstić information content (AvgIpc) is 3.16. The van der Waals surface area contributed by atoms with Gasteiger partial charge in [0, 0.05) is 30.0 Å². The van der Waals surface area contributed by atoms with Crippen LogP contribution in [0.5, 0.6) is 0 Å². The smallest absolute Gasteiger partial charge is 0.356 e. The highest BCUT2D eigenvalue weighted by molar-refractivity contribution is 5.90. The van der Waals surface area contributed by atoms with Crippen LogP contribution in [0.4, 0.5) is 29.1 Å². The Morgan fingerprint density at radius 1 is 1.15 bits per heavy atom. The van der Waals surface area contributed by atoms with Crippen LogP contribution in [0, 0.1) is 5.82 Å². The molecule has 4 aromatic rings. The molecule has 6 nitrogen and oxygen atoms in total. The van der Waals surface area contributed by atoms with Gasteiger partial charge in [-0.05, 0) is 18.2 Å². The van der Waals surface area contributed by atoms with E-state index in [4.69, 9.17) is 4.52 Å². The number of aromatic amines is 1. The number of nitrogens with zero attached hydrogens (tertiary/aromatic N) is 3. The zero-order valence-corrected chi connectivity index (χ0v) is 13.1. The van der Waals surface area contributed by atoms with Gasteiger partial charge >= 0.3 is 6.18 Å². The number of H-pyrrole nitrogens is 1. The molecular formula is C16H11F4N5O. The van der Waals surface area contributed by atoms with E-state index >= 15 is 0 Å². The van der Waals surface area contributed by atoms with Gasteiger partial charge in [0.15, 0.2) is 17.0 Å². The fraction of sp³-hybridized carbons (Fsp3) is 0.188. The number of hydrogen-bond donors (Lipinski definition) is 2. The average molecular weight is 365 g/mol. The minimum atomic E-state index is -4.25. The summed E-state index contributed by atoms with van der Waals surface area (Å²) in [5.74, 6) is -0.134. The second kappa shape index (κ2) is 5.97. The first-order valence-electron chi connectivity index (χ1n) is 7.61. The van der Waals surface area contributed by atoms with E-state index in [1.54, 1.807) is 18.2 Å². The van der Waals surface area contributed by atoms with E-state index < -0.39 is 18.4 Å². The Bertz CT molecular complexity index is 1090. The third kappa shape index (κ3) is 3.17. The van der Waals surface area contributed by atoms with Gasteiger partial charge in [0.05, 0.1) is 17.3 Å². The largest absolute Gasteiger partial charge is 0.389 e. The van der Waals surface area contributed by atoms with Gasteiger partial charge in [0.25, 0.3) is 0 Å². The number of rotatable bonds is 4. The zero-order chi connectivity index (χ0) is 18.3. The Morgan fingerprint density at radius 3 is 2.81 bits per heavy atom. The number of pyridine rings is 1. The molecule has 0 aliphatic carbocycles. The molecule has 1 aromatic carbocycles. The minimum absolute atomic E-state index is 0.250. The number of aryl methyl sites for hydroxylation is 1. The van der Waals surface area contributed by atoms with Crippen LogP contribution >= 0.6 is 0 Å². The van der Waals surface area contributed by atoms with Crippen molar-refractivity contribution in [1.82, 2.24) is 20.3 Å². The summed E-state index contributed by atoms with van der Waals surface area (Å²) in [6.45, 7) is 0. The molecule has 3 heterocycles. The summed E-state index contributed by atoms with van der Waals surface area (Å²) in [4.78, 5) is 3.88. The molecule has 0 atom stereocenters. The van der Waals surface area contributed by atoms with E-state index in [0.29, 0.717) is 33.5 Å². The zero-order valence-electron chi connectivity index (χ0n) is 13.1. The van der Waals surface area contributed by atoms with E-state index in [-0.39, 0.29) is 12.1 Å². The predicted molar refractivity (Wildman–Crippen MR) is 85.5 cm³/mol. The molecule has 26 heavy (non-hydrogen) atoms. The van der Waals surface area contributed by atoms with Crippen molar-refractivity contribution in [2.24, 2.45) is 0 Å². The van der Waals surface area contributed by atoms with E-state index in [9.17, 15) is 17.6 Å². The van der Waals surface area contributed by atoms with E-state index in [1.165, 1.54) is 6.07 Å². The molecule has 0 unspecified atom stereocenters. The van der Waals surface area contributed by atoms with Gasteiger partial charge < -0.3 is 9.84 Å². The molecule has 0 bridgehead atoms. The Labute approximate surface area is 143 Å². The first kappa shape index (κ1) is 16.3. The Morgan fingerprint density at radius 2 is 2.00 bits per heavy atom. The van der Waals surface area contributed by atoms with Gasteiger partial charge in [0.1, 0.15) is 5.82 Å². The molecule has 0 spiro atoms. The number of nitrogens with one attached hydrogen (secondary N) is 2. The van der Waals surface area contributed by atoms with E-state index in [2.05, 4.69) is 25.7 Å². The lowest BCUT2D eigenvalue weighted by Gasteiger charge is -2.04. The summed E-state index contributed by atoms with van der Waals surface area (Å²) in [5.41, 5.74) is 1.58. The van der Waals surface area contributed by atoms with Crippen LogP contribution in [-0.2, 0) is 6.42 Å². The van der Waals surface area contributed by atoms with Gasteiger partial charge in [-0.15, -0.1) is 0 Å².